The Morgan fingerprint density at radius 3 is 2.71 bits per heavy atom. The Kier molecular flexibility index (Phi) is 6.57. The van der Waals surface area contributed by atoms with Gasteiger partial charge in [-0.05, 0) is 76.6 Å². The van der Waals surface area contributed by atoms with Gasteiger partial charge in [-0.2, -0.15) is 10.2 Å². The van der Waals surface area contributed by atoms with E-state index in [1.165, 1.54) is 0 Å². The lowest BCUT2D eigenvalue weighted by Crippen LogP contribution is -2.31. The molecular weight excluding hydrogens is 484 g/mol. The summed E-state index contributed by atoms with van der Waals surface area (Å²) < 4.78 is 22.6. The van der Waals surface area contributed by atoms with Crippen molar-refractivity contribution in [3.05, 3.63) is 59.0 Å². The van der Waals surface area contributed by atoms with Gasteiger partial charge in [0.2, 0.25) is 5.82 Å². The van der Waals surface area contributed by atoms with Gasteiger partial charge >= 0.3 is 5.97 Å². The normalized spacial score (nSPS) is 14.6. The lowest BCUT2D eigenvalue weighted by Gasteiger charge is -2.29. The van der Waals surface area contributed by atoms with Gasteiger partial charge in [-0.25, -0.2) is 0 Å². The number of benzene rings is 2. The molecule has 0 N–H and O–H groups in total. The van der Waals surface area contributed by atoms with Crippen LogP contribution in [0.2, 0.25) is 0 Å². The molecule has 0 bridgehead atoms. The third-order valence-corrected chi connectivity index (χ3v) is 6.09. The van der Waals surface area contributed by atoms with Crippen molar-refractivity contribution in [3.8, 4) is 34.7 Å². The van der Waals surface area contributed by atoms with Gasteiger partial charge in [0.25, 0.3) is 5.89 Å². The van der Waals surface area contributed by atoms with Gasteiger partial charge in [0, 0.05) is 23.2 Å². The average molecular weight is 515 g/mol. The second-order valence-electron chi connectivity index (χ2n) is 10.6. The van der Waals surface area contributed by atoms with E-state index in [-0.39, 0.29) is 18.5 Å². The minimum atomic E-state index is -0.548. The highest BCUT2D eigenvalue weighted by atomic mass is 16.6. The molecule has 2 aromatic carbocycles. The van der Waals surface area contributed by atoms with Crippen molar-refractivity contribution in [2.24, 2.45) is 0 Å². The van der Waals surface area contributed by atoms with E-state index in [2.05, 4.69) is 21.1 Å². The summed E-state index contributed by atoms with van der Waals surface area (Å²) in [6, 6.07) is 13.4. The summed E-state index contributed by atoms with van der Waals surface area (Å²) in [5.74, 6) is 1.64. The van der Waals surface area contributed by atoms with E-state index in [9.17, 15) is 10.1 Å². The van der Waals surface area contributed by atoms with Crippen LogP contribution in [0, 0.1) is 11.3 Å². The van der Waals surface area contributed by atoms with Crippen LogP contribution < -0.4 is 9.64 Å². The highest BCUT2D eigenvalue weighted by molar-refractivity contribution is 5.76. The lowest BCUT2D eigenvalue weighted by molar-refractivity contribution is -0.154. The number of anilines is 1. The van der Waals surface area contributed by atoms with Gasteiger partial charge in [-0.3, -0.25) is 4.79 Å². The fraction of sp³-hybridized carbons (Fsp3) is 0.379. The van der Waals surface area contributed by atoms with Crippen LogP contribution >= 0.6 is 0 Å². The smallest absolute Gasteiger partial charge is 0.314 e. The maximum atomic E-state index is 12.4. The molecule has 3 heterocycles. The summed E-state index contributed by atoms with van der Waals surface area (Å²) in [6.45, 7) is 10.6. The van der Waals surface area contributed by atoms with Crippen molar-refractivity contribution in [2.45, 2.75) is 59.2 Å². The molecule has 0 saturated carbocycles. The summed E-state index contributed by atoms with van der Waals surface area (Å²) in [5.41, 5.74) is 4.47. The first-order chi connectivity index (χ1) is 18.1. The minimum Gasteiger partial charge on any atom is -0.494 e. The van der Waals surface area contributed by atoms with Crippen molar-refractivity contribution in [3.63, 3.8) is 0 Å². The van der Waals surface area contributed by atoms with Gasteiger partial charge in [-0.1, -0.05) is 5.16 Å². The number of esters is 1. The number of hydrogen-bond acceptors (Lipinski definition) is 9. The Morgan fingerprint density at radius 2 is 1.97 bits per heavy atom. The van der Waals surface area contributed by atoms with E-state index in [1.54, 1.807) is 18.2 Å². The zero-order valence-corrected chi connectivity index (χ0v) is 22.2. The molecule has 5 rings (SSSR count). The Balaban J connectivity index is 1.38. The maximum absolute atomic E-state index is 12.4. The number of nitrogens with zero attached hydrogens (tertiary/aromatic N) is 4. The SMILES string of the molecule is CC(C)Oc1ccc(-c2nc(-c3ccc4c(c3)CC3=C(CC(=O)OC(C)(C)C)OCCN34)no2)cc1C#N. The Labute approximate surface area is 221 Å². The zero-order chi connectivity index (χ0) is 27.0. The van der Waals surface area contributed by atoms with Crippen LogP contribution in [0.25, 0.3) is 22.8 Å². The molecule has 0 unspecified atom stereocenters. The van der Waals surface area contributed by atoms with Crippen molar-refractivity contribution >= 4 is 11.7 Å². The molecule has 0 amide bonds. The van der Waals surface area contributed by atoms with Gasteiger partial charge in [-0.15, -0.1) is 0 Å². The number of rotatable bonds is 6. The first-order valence-electron chi connectivity index (χ1n) is 12.6. The first kappa shape index (κ1) is 25.3. The number of carbonyl (C=O) groups excluding carboxylic acids is 1. The molecule has 1 aromatic heterocycles. The summed E-state index contributed by atoms with van der Waals surface area (Å²) >= 11 is 0. The molecule has 0 atom stereocenters. The number of allylic oxidation sites excluding steroid dienone is 1. The van der Waals surface area contributed by atoms with Gasteiger partial charge < -0.3 is 23.6 Å². The number of fused-ring (bicyclic) bond motifs is 3. The van der Waals surface area contributed by atoms with Crippen LogP contribution in [0.4, 0.5) is 5.69 Å². The number of hydrogen-bond donors (Lipinski definition) is 0. The summed E-state index contributed by atoms with van der Waals surface area (Å²) in [7, 11) is 0. The van der Waals surface area contributed by atoms with E-state index < -0.39 is 5.60 Å². The Bertz CT molecular complexity index is 1460. The van der Waals surface area contributed by atoms with Crippen LogP contribution in [0.1, 0.15) is 52.2 Å². The monoisotopic (exact) mass is 514 g/mol. The van der Waals surface area contributed by atoms with Crippen molar-refractivity contribution in [2.75, 3.05) is 18.1 Å². The quantitative estimate of drug-likeness (QED) is 0.399. The number of aromatic nitrogens is 2. The third kappa shape index (κ3) is 5.21. The summed E-state index contributed by atoms with van der Waals surface area (Å²) in [5, 5.41) is 13.7. The average Bonchev–Trinajstić information content (AvgIpc) is 3.48. The highest BCUT2D eigenvalue weighted by Gasteiger charge is 2.32. The number of carbonyl (C=O) groups is 1. The topological polar surface area (TPSA) is 111 Å². The first-order valence-corrected chi connectivity index (χ1v) is 12.6. The second kappa shape index (κ2) is 9.86. The van der Waals surface area contributed by atoms with Crippen LogP contribution in [0.3, 0.4) is 0 Å². The predicted octanol–water partition coefficient (Wildman–Crippen LogP) is 5.40. The number of nitriles is 1. The summed E-state index contributed by atoms with van der Waals surface area (Å²) in [6.07, 6.45) is 0.692. The zero-order valence-electron chi connectivity index (χ0n) is 22.2. The molecule has 9 heteroatoms. The van der Waals surface area contributed by atoms with Gasteiger partial charge in [0.05, 0.1) is 23.9 Å². The molecule has 2 aliphatic heterocycles. The second-order valence-corrected chi connectivity index (χ2v) is 10.6. The Morgan fingerprint density at radius 1 is 1.18 bits per heavy atom. The number of ether oxygens (including phenoxy) is 3. The van der Waals surface area contributed by atoms with Crippen molar-refractivity contribution in [1.82, 2.24) is 10.1 Å². The molecule has 196 valence electrons. The fourth-order valence-electron chi connectivity index (χ4n) is 4.63. The third-order valence-electron chi connectivity index (χ3n) is 6.09. The molecule has 0 fully saturated rings. The van der Waals surface area contributed by atoms with Crippen LogP contribution in [-0.4, -0.2) is 41.0 Å². The molecule has 0 spiro atoms. The van der Waals surface area contributed by atoms with E-state index in [0.29, 0.717) is 53.9 Å². The summed E-state index contributed by atoms with van der Waals surface area (Å²) in [4.78, 5) is 19.2. The standard InChI is InChI=1S/C29H30N4O5/c1-17(2)36-24-9-7-19(13-21(24)16-30)28-31-27(32-38-28)18-6-8-22-20(12-18)14-23-25(35-11-10-33(22)23)15-26(34)37-29(3,4)5/h6-9,12-13,17H,10-11,14-15H2,1-5H3. The minimum absolute atomic E-state index is 0.0429. The molecular formula is C29H30N4O5. The van der Waals surface area contributed by atoms with E-state index >= 15 is 0 Å². The van der Waals surface area contributed by atoms with Crippen molar-refractivity contribution in [1.29, 1.82) is 5.26 Å². The molecule has 3 aromatic rings. The molecule has 0 aliphatic carbocycles. The predicted molar refractivity (Wildman–Crippen MR) is 140 cm³/mol. The molecule has 0 saturated heterocycles. The van der Waals surface area contributed by atoms with Crippen LogP contribution in [0.15, 0.2) is 52.4 Å². The van der Waals surface area contributed by atoms with Gasteiger partial charge in [0.15, 0.2) is 0 Å². The van der Waals surface area contributed by atoms with Crippen LogP contribution in [0.5, 0.6) is 5.75 Å². The highest BCUT2D eigenvalue weighted by Crippen LogP contribution is 2.40. The molecule has 38 heavy (non-hydrogen) atoms. The Hall–Kier alpha value is -4.32. The van der Waals surface area contributed by atoms with Gasteiger partial charge in [0.1, 0.15) is 36.2 Å². The van der Waals surface area contributed by atoms with Crippen LogP contribution in [-0.2, 0) is 20.7 Å². The molecule has 0 radical (unpaired) electrons. The maximum Gasteiger partial charge on any atom is 0.314 e. The van der Waals surface area contributed by atoms with Crippen molar-refractivity contribution < 1.29 is 23.5 Å². The molecule has 9 nitrogen and oxygen atoms in total. The largest absolute Gasteiger partial charge is 0.494 e. The van der Waals surface area contributed by atoms with E-state index in [0.717, 1.165) is 22.5 Å². The van der Waals surface area contributed by atoms with E-state index in [1.807, 2.05) is 52.8 Å². The molecule has 2 aliphatic rings. The lowest BCUT2D eigenvalue weighted by atomic mass is 10.1. The van der Waals surface area contributed by atoms with E-state index in [4.69, 9.17) is 18.7 Å². The fourth-order valence-corrected chi connectivity index (χ4v) is 4.63.